The van der Waals surface area contributed by atoms with Crippen molar-refractivity contribution in [3.63, 3.8) is 0 Å². The van der Waals surface area contributed by atoms with Gasteiger partial charge in [0.25, 0.3) is 0 Å². The molecule has 4 nitrogen and oxygen atoms in total. The summed E-state index contributed by atoms with van der Waals surface area (Å²) in [6.07, 6.45) is -0.438. The number of ether oxygens (including phenoxy) is 1. The second-order valence-corrected chi connectivity index (χ2v) is 4.12. The van der Waals surface area contributed by atoms with Crippen LogP contribution in [0.4, 0.5) is 4.79 Å². The Morgan fingerprint density at radius 3 is 2.65 bits per heavy atom. The molecule has 0 aliphatic heterocycles. The summed E-state index contributed by atoms with van der Waals surface area (Å²) in [5.74, 6) is 1.01. The molecule has 0 aliphatic rings. The van der Waals surface area contributed by atoms with E-state index in [9.17, 15) is 4.79 Å². The van der Waals surface area contributed by atoms with Crippen LogP contribution in [0.3, 0.4) is 0 Å². The van der Waals surface area contributed by atoms with Crippen LogP contribution in [-0.2, 0) is 0 Å². The number of halogens is 2. The lowest BCUT2D eigenvalue weighted by molar-refractivity contribution is 0.177. The van der Waals surface area contributed by atoms with Crippen LogP contribution in [0.25, 0.3) is 0 Å². The second-order valence-electron chi connectivity index (χ2n) is 3.30. The van der Waals surface area contributed by atoms with Gasteiger partial charge in [-0.15, -0.1) is 11.6 Å². The van der Waals surface area contributed by atoms with Crippen molar-refractivity contribution in [3.05, 3.63) is 29.3 Å². The van der Waals surface area contributed by atoms with Gasteiger partial charge in [0.05, 0.1) is 0 Å². The quantitative estimate of drug-likeness (QED) is 0.642. The van der Waals surface area contributed by atoms with Crippen molar-refractivity contribution in [3.8, 4) is 5.75 Å². The lowest BCUT2D eigenvalue weighted by Crippen LogP contribution is -2.43. The highest BCUT2D eigenvalue weighted by Crippen LogP contribution is 2.16. The standard InChI is InChI=1S/C11H14Cl2N2O2/c1-8(15-11(16)14-7-6-12)17-10-4-2-9(13)3-5-10/h2-5,8H,6-7H2,1H3,(H2,14,15,16). The van der Waals surface area contributed by atoms with Crippen molar-refractivity contribution in [2.45, 2.75) is 13.2 Å². The van der Waals surface area contributed by atoms with E-state index < -0.39 is 6.23 Å². The minimum atomic E-state index is -0.438. The first-order valence-corrected chi connectivity index (χ1v) is 6.05. The molecule has 1 unspecified atom stereocenters. The molecule has 0 aromatic heterocycles. The average Bonchev–Trinajstić information content (AvgIpc) is 2.29. The smallest absolute Gasteiger partial charge is 0.317 e. The zero-order valence-electron chi connectivity index (χ0n) is 9.37. The fourth-order valence-corrected chi connectivity index (χ4v) is 1.36. The molecule has 17 heavy (non-hydrogen) atoms. The Bertz CT molecular complexity index is 357. The lowest BCUT2D eigenvalue weighted by Gasteiger charge is -2.16. The van der Waals surface area contributed by atoms with Crippen LogP contribution in [-0.4, -0.2) is 24.7 Å². The normalized spacial score (nSPS) is 11.7. The van der Waals surface area contributed by atoms with Gasteiger partial charge in [-0.3, -0.25) is 0 Å². The van der Waals surface area contributed by atoms with Gasteiger partial charge < -0.3 is 15.4 Å². The van der Waals surface area contributed by atoms with E-state index in [1.165, 1.54) is 0 Å². The maximum absolute atomic E-state index is 11.3. The molecule has 0 saturated heterocycles. The van der Waals surface area contributed by atoms with Gasteiger partial charge in [0, 0.05) is 17.4 Å². The van der Waals surface area contributed by atoms with Crippen molar-refractivity contribution in [1.82, 2.24) is 10.6 Å². The predicted octanol–water partition coefficient (Wildman–Crippen LogP) is 2.60. The number of hydrogen-bond acceptors (Lipinski definition) is 2. The summed E-state index contributed by atoms with van der Waals surface area (Å²) in [5, 5.41) is 5.83. The summed E-state index contributed by atoms with van der Waals surface area (Å²) in [5.41, 5.74) is 0. The zero-order chi connectivity index (χ0) is 12.7. The van der Waals surface area contributed by atoms with E-state index in [2.05, 4.69) is 10.6 Å². The third-order valence-electron chi connectivity index (χ3n) is 1.84. The largest absolute Gasteiger partial charge is 0.471 e. The third kappa shape index (κ3) is 5.65. The molecular formula is C11H14Cl2N2O2. The molecule has 1 atom stereocenters. The highest BCUT2D eigenvalue weighted by Gasteiger charge is 2.07. The Kier molecular flexibility index (Phi) is 5.94. The van der Waals surface area contributed by atoms with E-state index in [1.54, 1.807) is 31.2 Å². The SMILES string of the molecule is CC(NC(=O)NCCCl)Oc1ccc(Cl)cc1. The first-order valence-electron chi connectivity index (χ1n) is 5.14. The van der Waals surface area contributed by atoms with E-state index in [0.29, 0.717) is 23.2 Å². The Hall–Kier alpha value is -1.13. The van der Waals surface area contributed by atoms with E-state index in [0.717, 1.165) is 0 Å². The molecule has 0 heterocycles. The lowest BCUT2D eigenvalue weighted by atomic mass is 10.3. The fourth-order valence-electron chi connectivity index (χ4n) is 1.14. The van der Waals surface area contributed by atoms with Crippen LogP contribution >= 0.6 is 23.2 Å². The number of urea groups is 1. The Morgan fingerprint density at radius 1 is 1.41 bits per heavy atom. The van der Waals surface area contributed by atoms with Gasteiger partial charge in [-0.1, -0.05) is 11.6 Å². The van der Waals surface area contributed by atoms with Gasteiger partial charge in [-0.2, -0.15) is 0 Å². The molecule has 2 amide bonds. The summed E-state index contributed by atoms with van der Waals surface area (Å²) in [6.45, 7) is 2.15. The number of benzene rings is 1. The van der Waals surface area contributed by atoms with Crippen LogP contribution in [0.5, 0.6) is 5.75 Å². The zero-order valence-corrected chi connectivity index (χ0v) is 10.9. The summed E-state index contributed by atoms with van der Waals surface area (Å²) < 4.78 is 5.46. The third-order valence-corrected chi connectivity index (χ3v) is 2.28. The molecule has 0 fully saturated rings. The van der Waals surface area contributed by atoms with E-state index in [1.807, 2.05) is 0 Å². The molecular weight excluding hydrogens is 263 g/mol. The van der Waals surface area contributed by atoms with Crippen molar-refractivity contribution in [1.29, 1.82) is 0 Å². The van der Waals surface area contributed by atoms with Crippen molar-refractivity contribution in [2.24, 2.45) is 0 Å². The monoisotopic (exact) mass is 276 g/mol. The van der Waals surface area contributed by atoms with Gasteiger partial charge in [-0.25, -0.2) is 4.79 Å². The molecule has 0 radical (unpaired) electrons. The average molecular weight is 277 g/mol. The number of carbonyl (C=O) groups excluding carboxylic acids is 1. The first-order chi connectivity index (χ1) is 8.11. The number of hydrogen-bond donors (Lipinski definition) is 2. The Labute approximate surface area is 110 Å². The molecule has 0 saturated carbocycles. The van der Waals surface area contributed by atoms with Crippen LogP contribution in [0, 0.1) is 0 Å². The van der Waals surface area contributed by atoms with Gasteiger partial charge in [0.2, 0.25) is 0 Å². The molecule has 94 valence electrons. The second kappa shape index (κ2) is 7.25. The number of nitrogens with one attached hydrogen (secondary N) is 2. The van der Waals surface area contributed by atoms with Gasteiger partial charge in [-0.05, 0) is 31.2 Å². The number of rotatable bonds is 5. The topological polar surface area (TPSA) is 50.4 Å². The van der Waals surface area contributed by atoms with Crippen molar-refractivity contribution in [2.75, 3.05) is 12.4 Å². The summed E-state index contributed by atoms with van der Waals surface area (Å²) >= 11 is 11.2. The van der Waals surface area contributed by atoms with E-state index >= 15 is 0 Å². The van der Waals surface area contributed by atoms with Gasteiger partial charge in [0.1, 0.15) is 5.75 Å². The highest BCUT2D eigenvalue weighted by atomic mass is 35.5. The highest BCUT2D eigenvalue weighted by molar-refractivity contribution is 6.30. The molecule has 6 heteroatoms. The minimum absolute atomic E-state index is 0.313. The molecule has 0 spiro atoms. The summed E-state index contributed by atoms with van der Waals surface area (Å²) in [7, 11) is 0. The number of alkyl halides is 1. The number of amides is 2. The maximum Gasteiger partial charge on any atom is 0.317 e. The van der Waals surface area contributed by atoms with Crippen molar-refractivity contribution >= 4 is 29.2 Å². The molecule has 0 aliphatic carbocycles. The Morgan fingerprint density at radius 2 is 2.06 bits per heavy atom. The van der Waals surface area contributed by atoms with Crippen molar-refractivity contribution < 1.29 is 9.53 Å². The fraction of sp³-hybridized carbons (Fsp3) is 0.364. The molecule has 1 rings (SSSR count). The van der Waals surface area contributed by atoms with E-state index in [-0.39, 0.29) is 6.03 Å². The molecule has 2 N–H and O–H groups in total. The van der Waals surface area contributed by atoms with E-state index in [4.69, 9.17) is 27.9 Å². The predicted molar refractivity (Wildman–Crippen MR) is 68.8 cm³/mol. The maximum atomic E-state index is 11.3. The Balaban J connectivity index is 2.36. The molecule has 1 aromatic carbocycles. The van der Waals surface area contributed by atoms with Crippen LogP contribution in [0.1, 0.15) is 6.92 Å². The molecule has 1 aromatic rings. The summed E-state index contributed by atoms with van der Waals surface area (Å²) in [4.78, 5) is 11.3. The van der Waals surface area contributed by atoms with Gasteiger partial charge >= 0.3 is 6.03 Å². The number of carbonyl (C=O) groups is 1. The minimum Gasteiger partial charge on any atom is -0.471 e. The van der Waals surface area contributed by atoms with Gasteiger partial charge in [0.15, 0.2) is 6.23 Å². The summed E-state index contributed by atoms with van der Waals surface area (Å²) in [6, 6.07) is 6.59. The van der Waals surface area contributed by atoms with Crippen LogP contribution < -0.4 is 15.4 Å². The van der Waals surface area contributed by atoms with Crippen LogP contribution in [0.15, 0.2) is 24.3 Å². The molecule has 0 bridgehead atoms. The first kappa shape index (κ1) is 13.9. The van der Waals surface area contributed by atoms with Crippen LogP contribution in [0.2, 0.25) is 5.02 Å².